The molecule has 2 aromatic rings. The zero-order chi connectivity index (χ0) is 26.6. The Morgan fingerprint density at radius 3 is 2.53 bits per heavy atom. The topological polar surface area (TPSA) is 176 Å². The van der Waals surface area contributed by atoms with Gasteiger partial charge in [0.25, 0.3) is 0 Å². The Labute approximate surface area is 210 Å². The lowest BCUT2D eigenvalue weighted by molar-refractivity contribution is -0.126. The number of carbonyl (C=O) groups excluding carboxylic acids is 2. The highest BCUT2D eigenvalue weighted by atomic mass is 16.5. The van der Waals surface area contributed by atoms with E-state index in [-0.39, 0.29) is 39.5 Å². The maximum Gasteiger partial charge on any atom is 0.407 e. The Morgan fingerprint density at radius 2 is 1.86 bits per heavy atom. The molecule has 0 unspecified atom stereocenters. The number of aliphatic hydroxyl groups is 1. The Balaban J connectivity index is 1.88. The van der Waals surface area contributed by atoms with Crippen molar-refractivity contribution in [3.8, 4) is 0 Å². The van der Waals surface area contributed by atoms with Crippen LogP contribution in [0.4, 0.5) is 4.79 Å². The number of carbonyl (C=O) groups is 2. The quantitative estimate of drug-likeness (QED) is 0.245. The molecular formula is C23H37N7O6. The smallest absolute Gasteiger partial charge is 0.407 e. The molecule has 0 fully saturated rings. The second-order valence-electron chi connectivity index (χ2n) is 9.44. The first-order valence-corrected chi connectivity index (χ1v) is 11.6. The average molecular weight is 508 g/mol. The Hall–Kier alpha value is -3.13. The Morgan fingerprint density at radius 1 is 1.14 bits per heavy atom. The summed E-state index contributed by atoms with van der Waals surface area (Å²) in [5.74, 6) is -0.0579. The number of rotatable bonds is 15. The summed E-state index contributed by atoms with van der Waals surface area (Å²) in [6.45, 7) is 7.64. The van der Waals surface area contributed by atoms with Crippen LogP contribution >= 0.6 is 0 Å². The van der Waals surface area contributed by atoms with Crippen molar-refractivity contribution in [2.24, 2.45) is 5.73 Å². The lowest BCUT2D eigenvalue weighted by Gasteiger charge is -2.23. The van der Waals surface area contributed by atoms with Gasteiger partial charge in [0.15, 0.2) is 5.82 Å². The minimum absolute atomic E-state index is 0.0116. The molecule has 36 heavy (non-hydrogen) atoms. The third-order valence-corrected chi connectivity index (χ3v) is 4.67. The number of hydrogen-bond acceptors (Lipinski definition) is 10. The minimum atomic E-state index is -1.12. The number of nitrogens with two attached hydrogens (primary N) is 1. The van der Waals surface area contributed by atoms with Gasteiger partial charge in [0, 0.05) is 6.54 Å². The predicted octanol–water partition coefficient (Wildman–Crippen LogP) is 0.298. The molecule has 2 rings (SSSR count). The summed E-state index contributed by atoms with van der Waals surface area (Å²) in [6.07, 6.45) is -0.627. The van der Waals surface area contributed by atoms with Crippen LogP contribution in [0.25, 0.3) is 0 Å². The summed E-state index contributed by atoms with van der Waals surface area (Å²) in [5, 5.41) is 26.7. The second kappa shape index (κ2) is 13.8. The molecule has 2 amide bonds. The molecule has 5 N–H and O–H groups in total. The Kier molecular flexibility index (Phi) is 11.2. The molecule has 13 nitrogen and oxygen atoms in total. The van der Waals surface area contributed by atoms with Gasteiger partial charge in [-0.2, -0.15) is 0 Å². The van der Waals surface area contributed by atoms with Crippen molar-refractivity contribution >= 4 is 12.0 Å². The number of tetrazole rings is 1. The molecule has 0 spiro atoms. The van der Waals surface area contributed by atoms with Crippen LogP contribution in [-0.4, -0.2) is 81.4 Å². The summed E-state index contributed by atoms with van der Waals surface area (Å²) >= 11 is 0. The van der Waals surface area contributed by atoms with Gasteiger partial charge < -0.3 is 35.7 Å². The van der Waals surface area contributed by atoms with Crippen LogP contribution in [0.2, 0.25) is 0 Å². The van der Waals surface area contributed by atoms with E-state index in [0.717, 1.165) is 5.56 Å². The minimum Gasteiger partial charge on any atom is -0.448 e. The van der Waals surface area contributed by atoms with E-state index in [2.05, 4.69) is 26.2 Å². The summed E-state index contributed by atoms with van der Waals surface area (Å²) < 4.78 is 17.7. The molecule has 0 bridgehead atoms. The molecule has 0 aliphatic carbocycles. The fourth-order valence-electron chi connectivity index (χ4n) is 2.84. The van der Waals surface area contributed by atoms with E-state index >= 15 is 0 Å². The van der Waals surface area contributed by atoms with Crippen molar-refractivity contribution in [2.45, 2.75) is 58.0 Å². The summed E-state index contributed by atoms with van der Waals surface area (Å²) in [4.78, 5) is 24.4. The van der Waals surface area contributed by atoms with Crippen molar-refractivity contribution in [1.82, 2.24) is 30.8 Å². The van der Waals surface area contributed by atoms with E-state index in [4.69, 9.17) is 19.9 Å². The highest BCUT2D eigenvalue weighted by molar-refractivity contribution is 5.85. The first-order valence-electron chi connectivity index (χ1n) is 11.6. The molecule has 1 heterocycles. The van der Waals surface area contributed by atoms with Crippen LogP contribution in [0.3, 0.4) is 0 Å². The molecule has 0 saturated carbocycles. The largest absolute Gasteiger partial charge is 0.448 e. The lowest BCUT2D eigenvalue weighted by Crippen LogP contribution is -2.51. The highest BCUT2D eigenvalue weighted by Gasteiger charge is 2.28. The number of alkyl carbamates (subject to hydrolysis) is 1. The molecule has 200 valence electrons. The first kappa shape index (κ1) is 29.1. The molecular weight excluding hydrogens is 470 g/mol. The fraction of sp³-hybridized carbons (Fsp3) is 0.609. The first-order chi connectivity index (χ1) is 17.0. The molecule has 0 aliphatic heterocycles. The fourth-order valence-corrected chi connectivity index (χ4v) is 2.84. The van der Waals surface area contributed by atoms with E-state index in [0.29, 0.717) is 12.4 Å². The van der Waals surface area contributed by atoms with Gasteiger partial charge in [-0.1, -0.05) is 30.3 Å². The highest BCUT2D eigenvalue weighted by Crippen LogP contribution is 2.13. The number of nitrogens with one attached hydrogen (secondary N) is 2. The van der Waals surface area contributed by atoms with Crippen LogP contribution < -0.4 is 16.4 Å². The van der Waals surface area contributed by atoms with Crippen LogP contribution in [0, 0.1) is 0 Å². The average Bonchev–Trinajstić information content (AvgIpc) is 3.26. The van der Waals surface area contributed by atoms with Crippen LogP contribution in [0.1, 0.15) is 45.1 Å². The van der Waals surface area contributed by atoms with Crippen LogP contribution in [0.5, 0.6) is 0 Å². The maximum atomic E-state index is 12.5. The number of benzene rings is 1. The van der Waals surface area contributed by atoms with Crippen molar-refractivity contribution in [3.05, 3.63) is 41.7 Å². The van der Waals surface area contributed by atoms with E-state index in [1.54, 1.807) is 27.7 Å². The number of amides is 2. The van der Waals surface area contributed by atoms with E-state index in [9.17, 15) is 14.7 Å². The number of nitrogens with zero attached hydrogens (tertiary/aromatic N) is 4. The monoisotopic (exact) mass is 507 g/mol. The second-order valence-corrected chi connectivity index (χ2v) is 9.44. The van der Waals surface area contributed by atoms with Crippen LogP contribution in [0.15, 0.2) is 30.3 Å². The van der Waals surface area contributed by atoms with Gasteiger partial charge in [-0.15, -0.1) is 5.10 Å². The SMILES string of the molecule is CC(C)(O)COCCNC(=O)OCCn1nnnc1[C@@H](COCc1ccccc1)NC(=O)C(C)(C)N. The normalized spacial score (nSPS) is 12.7. The van der Waals surface area contributed by atoms with Gasteiger partial charge in [-0.25, -0.2) is 9.48 Å². The maximum absolute atomic E-state index is 12.5. The van der Waals surface area contributed by atoms with E-state index < -0.39 is 29.2 Å². The Bertz CT molecular complexity index is 940. The standard InChI is InChI=1S/C23H37N7O6/c1-22(2,33)16-34-12-10-25-21(32)36-13-11-30-19(27-28-29-30)18(26-20(31)23(3,4)24)15-35-14-17-8-6-5-7-9-17/h5-9,18,33H,10-16,24H2,1-4H3,(H,25,32)(H,26,31)/t18-/m1/s1. The van der Waals surface area contributed by atoms with Gasteiger partial charge in [0.1, 0.15) is 12.6 Å². The van der Waals surface area contributed by atoms with Gasteiger partial charge >= 0.3 is 6.09 Å². The van der Waals surface area contributed by atoms with E-state index in [1.807, 2.05) is 30.3 Å². The van der Waals surface area contributed by atoms with Gasteiger partial charge in [0.05, 0.1) is 44.1 Å². The molecule has 0 radical (unpaired) electrons. The van der Waals surface area contributed by atoms with E-state index in [1.165, 1.54) is 4.68 Å². The molecule has 0 saturated heterocycles. The van der Waals surface area contributed by atoms with Gasteiger partial charge in [0.2, 0.25) is 5.91 Å². The van der Waals surface area contributed by atoms with Crippen molar-refractivity contribution in [2.75, 3.05) is 33.0 Å². The number of ether oxygens (including phenoxy) is 3. The lowest BCUT2D eigenvalue weighted by atomic mass is 10.1. The van der Waals surface area contributed by atoms with Crippen LogP contribution in [-0.2, 0) is 32.2 Å². The molecule has 1 aromatic carbocycles. The van der Waals surface area contributed by atoms with Gasteiger partial charge in [-0.3, -0.25) is 4.79 Å². The zero-order valence-corrected chi connectivity index (χ0v) is 21.3. The summed E-state index contributed by atoms with van der Waals surface area (Å²) in [5.41, 5.74) is 4.86. The zero-order valence-electron chi connectivity index (χ0n) is 21.3. The molecule has 0 aliphatic rings. The third kappa shape index (κ3) is 11.1. The third-order valence-electron chi connectivity index (χ3n) is 4.67. The molecule has 1 atom stereocenters. The van der Waals surface area contributed by atoms with Crippen molar-refractivity contribution < 1.29 is 28.9 Å². The summed E-state index contributed by atoms with van der Waals surface area (Å²) in [6, 6.07) is 8.92. The summed E-state index contributed by atoms with van der Waals surface area (Å²) in [7, 11) is 0. The number of aromatic nitrogens is 4. The number of hydrogen-bond donors (Lipinski definition) is 4. The predicted molar refractivity (Wildman–Crippen MR) is 130 cm³/mol. The molecule has 1 aromatic heterocycles. The van der Waals surface area contributed by atoms with Crippen molar-refractivity contribution in [1.29, 1.82) is 0 Å². The van der Waals surface area contributed by atoms with Crippen molar-refractivity contribution in [3.63, 3.8) is 0 Å². The van der Waals surface area contributed by atoms with Gasteiger partial charge in [-0.05, 0) is 43.7 Å². The molecule has 13 heteroatoms.